The molecule has 2 heterocycles. The van der Waals surface area contributed by atoms with E-state index in [0.717, 1.165) is 52.0 Å². The van der Waals surface area contributed by atoms with Crippen molar-refractivity contribution in [2.24, 2.45) is 0 Å². The molecule has 0 aliphatic carbocycles. The number of anilines is 1. The van der Waals surface area contributed by atoms with Crippen LogP contribution in [0.3, 0.4) is 0 Å². The molecule has 5 rings (SSSR count). The van der Waals surface area contributed by atoms with Gasteiger partial charge in [0.15, 0.2) is 0 Å². The van der Waals surface area contributed by atoms with Gasteiger partial charge >= 0.3 is 0 Å². The quantitative estimate of drug-likeness (QED) is 0.538. The van der Waals surface area contributed by atoms with Crippen molar-refractivity contribution >= 4 is 17.5 Å². The summed E-state index contributed by atoms with van der Waals surface area (Å²) in [7, 11) is 0. The van der Waals surface area contributed by atoms with Gasteiger partial charge in [-0.15, -0.1) is 0 Å². The molecule has 0 saturated carbocycles. The molecule has 2 amide bonds. The van der Waals surface area contributed by atoms with E-state index in [1.807, 2.05) is 53.4 Å². The van der Waals surface area contributed by atoms with Gasteiger partial charge in [0, 0.05) is 38.3 Å². The highest BCUT2D eigenvalue weighted by Crippen LogP contribution is 2.22. The molecule has 5 nitrogen and oxygen atoms in total. The summed E-state index contributed by atoms with van der Waals surface area (Å²) >= 11 is 0. The zero-order valence-corrected chi connectivity index (χ0v) is 20.2. The molecule has 1 fully saturated rings. The molecule has 0 aromatic heterocycles. The monoisotopic (exact) mass is 467 g/mol. The fourth-order valence-corrected chi connectivity index (χ4v) is 5.13. The van der Waals surface area contributed by atoms with E-state index < -0.39 is 0 Å². The Hall–Kier alpha value is -3.44. The highest BCUT2D eigenvalue weighted by molar-refractivity contribution is 6.09. The summed E-state index contributed by atoms with van der Waals surface area (Å²) in [6.45, 7) is 4.43. The van der Waals surface area contributed by atoms with Crippen LogP contribution in [0.1, 0.15) is 63.1 Å². The maximum atomic E-state index is 13.2. The Balaban J connectivity index is 1.23. The Kier molecular flexibility index (Phi) is 7.24. The molecule has 5 heteroatoms. The van der Waals surface area contributed by atoms with Crippen LogP contribution in [-0.2, 0) is 19.5 Å². The van der Waals surface area contributed by atoms with E-state index in [1.54, 1.807) is 0 Å². The molecule has 0 atom stereocenters. The van der Waals surface area contributed by atoms with Gasteiger partial charge in [-0.2, -0.15) is 0 Å². The van der Waals surface area contributed by atoms with Gasteiger partial charge in [-0.1, -0.05) is 61.4 Å². The Bertz CT molecular complexity index is 1180. The standard InChI is InChI=1S/C30H33N3O2/c34-29(31-28-12-6-5-11-27(28)30(35)33-18-7-1-2-8-19-33)25-15-13-23(14-16-25)21-32-20-17-24-9-3-4-10-26(24)22-32/h3-6,9-16H,1-2,7-8,17-22H2,(H,31,34). The second kappa shape index (κ2) is 10.9. The molecule has 35 heavy (non-hydrogen) atoms. The number of hydrogen-bond acceptors (Lipinski definition) is 3. The largest absolute Gasteiger partial charge is 0.339 e. The summed E-state index contributed by atoms with van der Waals surface area (Å²) in [5.41, 5.74) is 5.77. The smallest absolute Gasteiger partial charge is 0.255 e. The number of carbonyl (C=O) groups is 2. The molecule has 1 N–H and O–H groups in total. The minimum absolute atomic E-state index is 0.00116. The lowest BCUT2D eigenvalue weighted by atomic mass is 9.99. The summed E-state index contributed by atoms with van der Waals surface area (Å²) in [5.74, 6) is -0.194. The number of rotatable bonds is 5. The van der Waals surface area contributed by atoms with Gasteiger partial charge in [-0.05, 0) is 60.2 Å². The van der Waals surface area contributed by atoms with Crippen molar-refractivity contribution < 1.29 is 9.59 Å². The molecule has 1 saturated heterocycles. The molecule has 0 bridgehead atoms. The predicted molar refractivity (Wildman–Crippen MR) is 139 cm³/mol. The molecule has 2 aliphatic rings. The number of nitrogens with one attached hydrogen (secondary N) is 1. The van der Waals surface area contributed by atoms with Gasteiger partial charge in [0.1, 0.15) is 0 Å². The van der Waals surface area contributed by atoms with E-state index in [2.05, 4.69) is 34.5 Å². The first-order valence-corrected chi connectivity index (χ1v) is 12.7. The summed E-state index contributed by atoms with van der Waals surface area (Å²) in [4.78, 5) is 30.6. The molecule has 3 aromatic carbocycles. The van der Waals surface area contributed by atoms with Gasteiger partial charge in [0.25, 0.3) is 11.8 Å². The highest BCUT2D eigenvalue weighted by atomic mass is 16.2. The second-order valence-corrected chi connectivity index (χ2v) is 9.63. The Morgan fingerprint density at radius 2 is 1.43 bits per heavy atom. The van der Waals surface area contributed by atoms with E-state index in [-0.39, 0.29) is 11.8 Å². The van der Waals surface area contributed by atoms with Crippen molar-refractivity contribution in [1.29, 1.82) is 0 Å². The lowest BCUT2D eigenvalue weighted by molar-refractivity contribution is 0.0762. The van der Waals surface area contributed by atoms with Crippen molar-refractivity contribution in [3.63, 3.8) is 0 Å². The van der Waals surface area contributed by atoms with Crippen LogP contribution in [0.4, 0.5) is 5.69 Å². The van der Waals surface area contributed by atoms with Gasteiger partial charge in [-0.3, -0.25) is 14.5 Å². The van der Waals surface area contributed by atoms with E-state index in [9.17, 15) is 9.59 Å². The third-order valence-corrected chi connectivity index (χ3v) is 7.13. The summed E-state index contributed by atoms with van der Waals surface area (Å²) < 4.78 is 0. The van der Waals surface area contributed by atoms with Crippen LogP contribution >= 0.6 is 0 Å². The maximum absolute atomic E-state index is 13.2. The van der Waals surface area contributed by atoms with Crippen LogP contribution in [0.5, 0.6) is 0 Å². The average Bonchev–Trinajstić information content (AvgIpc) is 3.19. The molecule has 2 aliphatic heterocycles. The van der Waals surface area contributed by atoms with Crippen LogP contribution < -0.4 is 5.32 Å². The number of likely N-dealkylation sites (tertiary alicyclic amines) is 1. The van der Waals surface area contributed by atoms with Crippen LogP contribution in [-0.4, -0.2) is 41.2 Å². The first-order chi connectivity index (χ1) is 17.2. The molecular formula is C30H33N3O2. The van der Waals surface area contributed by atoms with Gasteiger partial charge < -0.3 is 10.2 Å². The number of fused-ring (bicyclic) bond motifs is 1. The Labute approximate surface area is 207 Å². The second-order valence-electron chi connectivity index (χ2n) is 9.63. The third-order valence-electron chi connectivity index (χ3n) is 7.13. The topological polar surface area (TPSA) is 52.7 Å². The fourth-order valence-electron chi connectivity index (χ4n) is 5.13. The van der Waals surface area contributed by atoms with E-state index in [4.69, 9.17) is 0 Å². The normalized spacial score (nSPS) is 16.3. The lowest BCUT2D eigenvalue weighted by Crippen LogP contribution is -2.32. The molecular weight excluding hydrogens is 434 g/mol. The SMILES string of the molecule is O=C(Nc1ccccc1C(=O)N1CCCCCC1)c1ccc(CN2CCc3ccccc3C2)cc1. The third kappa shape index (κ3) is 5.63. The Morgan fingerprint density at radius 1 is 0.743 bits per heavy atom. The molecule has 180 valence electrons. The minimum atomic E-state index is -0.195. The predicted octanol–water partition coefficient (Wildman–Crippen LogP) is 5.51. The van der Waals surface area contributed by atoms with Crippen molar-refractivity contribution in [3.8, 4) is 0 Å². The van der Waals surface area contributed by atoms with Crippen LogP contribution in [0.25, 0.3) is 0 Å². The average molecular weight is 468 g/mol. The molecule has 3 aromatic rings. The Morgan fingerprint density at radius 3 is 2.20 bits per heavy atom. The minimum Gasteiger partial charge on any atom is -0.339 e. The van der Waals surface area contributed by atoms with Crippen molar-refractivity contribution in [2.45, 2.75) is 45.2 Å². The van der Waals surface area contributed by atoms with Crippen molar-refractivity contribution in [2.75, 3.05) is 25.0 Å². The molecule has 0 spiro atoms. The lowest BCUT2D eigenvalue weighted by Gasteiger charge is -2.28. The van der Waals surface area contributed by atoms with Crippen molar-refractivity contribution in [3.05, 3.63) is 101 Å². The number of nitrogens with zero attached hydrogens (tertiary/aromatic N) is 2. The van der Waals surface area contributed by atoms with Crippen LogP contribution in [0.2, 0.25) is 0 Å². The highest BCUT2D eigenvalue weighted by Gasteiger charge is 2.21. The zero-order chi connectivity index (χ0) is 24.0. The summed E-state index contributed by atoms with van der Waals surface area (Å²) in [6.07, 6.45) is 5.49. The zero-order valence-electron chi connectivity index (χ0n) is 20.2. The fraction of sp³-hybridized carbons (Fsp3) is 0.333. The number of amides is 2. The maximum Gasteiger partial charge on any atom is 0.255 e. The van der Waals surface area contributed by atoms with E-state index in [0.29, 0.717) is 16.8 Å². The first kappa shape index (κ1) is 23.3. The molecule has 0 unspecified atom stereocenters. The van der Waals surface area contributed by atoms with Gasteiger partial charge in [-0.25, -0.2) is 0 Å². The number of hydrogen-bond donors (Lipinski definition) is 1. The van der Waals surface area contributed by atoms with E-state index >= 15 is 0 Å². The summed E-state index contributed by atoms with van der Waals surface area (Å²) in [6, 6.07) is 23.8. The summed E-state index contributed by atoms with van der Waals surface area (Å²) in [5, 5.41) is 2.98. The number of para-hydroxylation sites is 1. The van der Waals surface area contributed by atoms with E-state index in [1.165, 1.54) is 29.5 Å². The molecule has 0 radical (unpaired) electrons. The number of carbonyl (C=O) groups excluding carboxylic acids is 2. The van der Waals surface area contributed by atoms with Crippen molar-refractivity contribution in [1.82, 2.24) is 9.80 Å². The van der Waals surface area contributed by atoms with Gasteiger partial charge in [0.2, 0.25) is 0 Å². The van der Waals surface area contributed by atoms with Gasteiger partial charge in [0.05, 0.1) is 11.3 Å². The first-order valence-electron chi connectivity index (χ1n) is 12.7. The van der Waals surface area contributed by atoms with Crippen LogP contribution in [0.15, 0.2) is 72.8 Å². The number of benzene rings is 3. The van der Waals surface area contributed by atoms with Crippen LogP contribution in [0, 0.1) is 0 Å².